The van der Waals surface area contributed by atoms with Gasteiger partial charge in [0.15, 0.2) is 0 Å². The Kier molecular flexibility index (Phi) is 3.42. The molecule has 0 amide bonds. The van der Waals surface area contributed by atoms with Crippen LogP contribution in [0.2, 0.25) is 0 Å². The van der Waals surface area contributed by atoms with E-state index in [1.165, 1.54) is 21.9 Å². The molecule has 0 heterocycles. The highest BCUT2D eigenvalue weighted by molar-refractivity contribution is 5.83. The molecule has 0 fully saturated rings. The molecular formula is C19H16. The minimum Gasteiger partial charge on any atom is -0.0795 e. The van der Waals surface area contributed by atoms with Gasteiger partial charge in [-0.15, -0.1) is 0 Å². The second-order valence-corrected chi connectivity index (χ2v) is 4.70. The van der Waals surface area contributed by atoms with Gasteiger partial charge in [-0.05, 0) is 28.3 Å². The molecule has 0 atom stereocenters. The van der Waals surface area contributed by atoms with E-state index < -0.39 is 0 Å². The van der Waals surface area contributed by atoms with Gasteiger partial charge in [0.2, 0.25) is 0 Å². The van der Waals surface area contributed by atoms with Gasteiger partial charge in [-0.25, -0.2) is 0 Å². The van der Waals surface area contributed by atoms with Crippen LogP contribution in [0.25, 0.3) is 16.8 Å². The van der Waals surface area contributed by atoms with E-state index in [1.807, 2.05) is 6.07 Å². The summed E-state index contributed by atoms with van der Waals surface area (Å²) in [5.74, 6) is 0. The minimum atomic E-state index is 0.972. The van der Waals surface area contributed by atoms with Gasteiger partial charge in [-0.2, -0.15) is 0 Å². The Morgan fingerprint density at radius 1 is 0.684 bits per heavy atom. The summed E-state index contributed by atoms with van der Waals surface area (Å²) in [6, 6.07) is 25.6. The van der Waals surface area contributed by atoms with Crippen LogP contribution in [0.1, 0.15) is 11.1 Å². The molecule has 0 aliphatic heterocycles. The zero-order valence-electron chi connectivity index (χ0n) is 10.8. The zero-order valence-corrected chi connectivity index (χ0v) is 10.8. The molecule has 3 aromatic carbocycles. The average Bonchev–Trinajstić information content (AvgIpc) is 2.48. The van der Waals surface area contributed by atoms with Gasteiger partial charge in [0.05, 0.1) is 0 Å². The van der Waals surface area contributed by atoms with Crippen molar-refractivity contribution in [1.29, 1.82) is 0 Å². The van der Waals surface area contributed by atoms with Gasteiger partial charge < -0.3 is 0 Å². The summed E-state index contributed by atoms with van der Waals surface area (Å²) in [4.78, 5) is 0. The summed E-state index contributed by atoms with van der Waals surface area (Å²) in [6.45, 7) is 0. The van der Waals surface area contributed by atoms with Crippen LogP contribution in [-0.2, 0) is 6.42 Å². The number of hydrogen-bond donors (Lipinski definition) is 0. The van der Waals surface area contributed by atoms with Gasteiger partial charge >= 0.3 is 0 Å². The molecule has 0 saturated carbocycles. The number of hydrogen-bond acceptors (Lipinski definition) is 0. The summed E-state index contributed by atoms with van der Waals surface area (Å²) in [6.07, 6.45) is 5.37. The van der Waals surface area contributed by atoms with Crippen molar-refractivity contribution in [3.8, 4) is 0 Å². The predicted octanol–water partition coefficient (Wildman–Crippen LogP) is 5.10. The molecule has 0 radical (unpaired) electrons. The molecule has 0 bridgehead atoms. The standard InChI is InChI=1S/C19H16/c1-2-7-16(8-3-1)9-6-10-17-13-14-18-11-4-5-12-19(18)15-17/h1-9,11-15H,10H2. The van der Waals surface area contributed by atoms with Crippen LogP contribution in [0, 0.1) is 0 Å². The third-order valence-corrected chi connectivity index (χ3v) is 3.28. The fraction of sp³-hybridized carbons (Fsp3) is 0.0526. The van der Waals surface area contributed by atoms with Gasteiger partial charge in [0.1, 0.15) is 0 Å². The van der Waals surface area contributed by atoms with Crippen molar-refractivity contribution < 1.29 is 0 Å². The van der Waals surface area contributed by atoms with Crippen molar-refractivity contribution in [2.45, 2.75) is 6.42 Å². The average molecular weight is 244 g/mol. The summed E-state index contributed by atoms with van der Waals surface area (Å²) >= 11 is 0. The molecular weight excluding hydrogens is 228 g/mol. The van der Waals surface area contributed by atoms with Crippen molar-refractivity contribution in [1.82, 2.24) is 0 Å². The van der Waals surface area contributed by atoms with Gasteiger partial charge in [-0.1, -0.05) is 84.9 Å². The Morgan fingerprint density at radius 3 is 2.26 bits per heavy atom. The lowest BCUT2D eigenvalue weighted by molar-refractivity contribution is 1.29. The lowest BCUT2D eigenvalue weighted by atomic mass is 10.0. The van der Waals surface area contributed by atoms with Gasteiger partial charge in [0.25, 0.3) is 0 Å². The fourth-order valence-corrected chi connectivity index (χ4v) is 2.26. The molecule has 0 aliphatic carbocycles. The van der Waals surface area contributed by atoms with Crippen LogP contribution < -0.4 is 0 Å². The lowest BCUT2D eigenvalue weighted by Gasteiger charge is -2.01. The maximum Gasteiger partial charge on any atom is -0.00939 e. The van der Waals surface area contributed by atoms with Gasteiger partial charge in [0, 0.05) is 0 Å². The maximum atomic E-state index is 2.27. The van der Waals surface area contributed by atoms with Crippen LogP contribution in [0.15, 0.2) is 78.9 Å². The number of allylic oxidation sites excluding steroid dienone is 1. The van der Waals surface area contributed by atoms with E-state index in [1.54, 1.807) is 0 Å². The smallest absolute Gasteiger partial charge is 0.00939 e. The van der Waals surface area contributed by atoms with Crippen molar-refractivity contribution in [2.75, 3.05) is 0 Å². The van der Waals surface area contributed by atoms with E-state index in [2.05, 4.69) is 78.9 Å². The molecule has 3 aromatic rings. The van der Waals surface area contributed by atoms with Crippen LogP contribution >= 0.6 is 0 Å². The third kappa shape index (κ3) is 2.92. The Bertz CT molecular complexity index is 693. The summed E-state index contributed by atoms with van der Waals surface area (Å²) in [7, 11) is 0. The first kappa shape index (κ1) is 11.7. The maximum absolute atomic E-state index is 2.27. The molecule has 0 saturated heterocycles. The number of fused-ring (bicyclic) bond motifs is 1. The van der Waals surface area contributed by atoms with E-state index in [0.29, 0.717) is 0 Å². The molecule has 0 spiro atoms. The monoisotopic (exact) mass is 244 g/mol. The van der Waals surface area contributed by atoms with Crippen LogP contribution in [0.5, 0.6) is 0 Å². The first-order chi connectivity index (χ1) is 9.42. The molecule has 0 unspecified atom stereocenters. The molecule has 3 rings (SSSR count). The minimum absolute atomic E-state index is 0.972. The first-order valence-electron chi connectivity index (χ1n) is 6.61. The van der Waals surface area contributed by atoms with Gasteiger partial charge in [-0.3, -0.25) is 0 Å². The molecule has 0 nitrogen and oxygen atoms in total. The van der Waals surface area contributed by atoms with Crippen molar-refractivity contribution in [3.05, 3.63) is 90.0 Å². The molecule has 0 N–H and O–H groups in total. The van der Waals surface area contributed by atoms with E-state index >= 15 is 0 Å². The highest BCUT2D eigenvalue weighted by Gasteiger charge is 1.94. The topological polar surface area (TPSA) is 0 Å². The van der Waals surface area contributed by atoms with E-state index in [4.69, 9.17) is 0 Å². The molecule has 0 aromatic heterocycles. The van der Waals surface area contributed by atoms with Crippen LogP contribution in [0.4, 0.5) is 0 Å². The molecule has 92 valence electrons. The molecule has 0 aliphatic rings. The largest absolute Gasteiger partial charge is 0.0795 e. The SMILES string of the molecule is C(=Cc1ccccc1)Cc1ccc2ccccc2c1. The quantitative estimate of drug-likeness (QED) is 0.601. The van der Waals surface area contributed by atoms with E-state index in [-0.39, 0.29) is 0 Å². The van der Waals surface area contributed by atoms with E-state index in [0.717, 1.165) is 6.42 Å². The lowest BCUT2D eigenvalue weighted by Crippen LogP contribution is -1.81. The summed E-state index contributed by atoms with van der Waals surface area (Å²) in [5, 5.41) is 2.62. The molecule has 0 heteroatoms. The first-order valence-corrected chi connectivity index (χ1v) is 6.61. The Balaban J connectivity index is 1.77. The number of benzene rings is 3. The fourth-order valence-electron chi connectivity index (χ4n) is 2.26. The van der Waals surface area contributed by atoms with Crippen LogP contribution in [0.3, 0.4) is 0 Å². The van der Waals surface area contributed by atoms with Crippen molar-refractivity contribution in [2.24, 2.45) is 0 Å². The number of rotatable bonds is 3. The van der Waals surface area contributed by atoms with Crippen molar-refractivity contribution >= 4 is 16.8 Å². The second kappa shape index (κ2) is 5.53. The van der Waals surface area contributed by atoms with Crippen molar-refractivity contribution in [3.63, 3.8) is 0 Å². The van der Waals surface area contributed by atoms with Crippen LogP contribution in [-0.4, -0.2) is 0 Å². The highest BCUT2D eigenvalue weighted by Crippen LogP contribution is 2.16. The predicted molar refractivity (Wildman–Crippen MR) is 83.1 cm³/mol. The molecule has 19 heavy (non-hydrogen) atoms. The zero-order chi connectivity index (χ0) is 12.9. The Hall–Kier alpha value is -2.34. The summed E-state index contributed by atoms with van der Waals surface area (Å²) in [5.41, 5.74) is 2.61. The third-order valence-electron chi connectivity index (χ3n) is 3.28. The highest BCUT2D eigenvalue weighted by atomic mass is 14.0. The normalized spacial score (nSPS) is 11.2. The Morgan fingerprint density at radius 2 is 1.42 bits per heavy atom. The summed E-state index contributed by atoms with van der Waals surface area (Å²) < 4.78 is 0. The Labute approximate surface area is 114 Å². The van der Waals surface area contributed by atoms with E-state index in [9.17, 15) is 0 Å². The second-order valence-electron chi connectivity index (χ2n) is 4.70.